The zero-order valence-electron chi connectivity index (χ0n) is 16.5. The summed E-state index contributed by atoms with van der Waals surface area (Å²) in [5, 5.41) is 0. The summed E-state index contributed by atoms with van der Waals surface area (Å²) in [5.74, 6) is -1.36. The van der Waals surface area contributed by atoms with Crippen LogP contribution in [0.1, 0.15) is 12.5 Å². The summed E-state index contributed by atoms with van der Waals surface area (Å²) in [6, 6.07) is 4.95. The second-order valence-electron chi connectivity index (χ2n) is 6.81. The van der Waals surface area contributed by atoms with Crippen LogP contribution in [0.5, 0.6) is 0 Å². The zero-order chi connectivity index (χ0) is 21.8. The molecule has 0 aliphatic carbocycles. The van der Waals surface area contributed by atoms with E-state index < -0.39 is 44.6 Å². The van der Waals surface area contributed by atoms with Crippen molar-refractivity contribution in [3.05, 3.63) is 29.8 Å². The average Bonchev–Trinajstić information content (AvgIpc) is 2.65. The van der Waals surface area contributed by atoms with Crippen molar-refractivity contribution in [3.8, 4) is 0 Å². The predicted octanol–water partition coefficient (Wildman–Crippen LogP) is -0.691. The zero-order valence-corrected chi connectivity index (χ0v) is 18.1. The number of hydrogen-bond donors (Lipinski definition) is 1. The van der Waals surface area contributed by atoms with Gasteiger partial charge in [-0.1, -0.05) is 17.7 Å². The molecule has 10 nitrogen and oxygen atoms in total. The summed E-state index contributed by atoms with van der Waals surface area (Å²) in [4.78, 5) is 25.6. The molecular formula is C17H25N3O7S2. The third kappa shape index (κ3) is 6.49. The van der Waals surface area contributed by atoms with Gasteiger partial charge in [-0.25, -0.2) is 16.8 Å². The van der Waals surface area contributed by atoms with Gasteiger partial charge < -0.3 is 9.64 Å². The van der Waals surface area contributed by atoms with Crippen LogP contribution in [0, 0.1) is 6.92 Å². The van der Waals surface area contributed by atoms with Crippen molar-refractivity contribution >= 4 is 31.9 Å². The van der Waals surface area contributed by atoms with Gasteiger partial charge in [0.1, 0.15) is 6.04 Å². The molecule has 1 aromatic carbocycles. The van der Waals surface area contributed by atoms with Gasteiger partial charge in [0.25, 0.3) is 5.91 Å². The fraction of sp³-hybridized carbons (Fsp3) is 0.529. The maximum atomic E-state index is 12.3. The van der Waals surface area contributed by atoms with E-state index in [4.69, 9.17) is 4.74 Å². The standard InChI is InChI=1S/C17H25N3O7S2/c1-13-4-6-15(7-5-13)29(25,26)18-14(2)17(22)27-12-16(21)19-8-10-20(11-9-19)28(3,23)24/h4-7,14,18H,8-12H2,1-3H3/t14-/m0/s1. The van der Waals surface area contributed by atoms with Crippen LogP contribution < -0.4 is 4.72 Å². The Morgan fingerprint density at radius 2 is 1.62 bits per heavy atom. The molecule has 1 saturated heterocycles. The Morgan fingerprint density at radius 3 is 2.14 bits per heavy atom. The lowest BCUT2D eigenvalue weighted by molar-refractivity contribution is -0.153. The Morgan fingerprint density at radius 1 is 1.07 bits per heavy atom. The van der Waals surface area contributed by atoms with Gasteiger partial charge in [-0.2, -0.15) is 9.03 Å². The number of benzene rings is 1. The largest absolute Gasteiger partial charge is 0.454 e. The molecule has 0 radical (unpaired) electrons. The molecule has 0 spiro atoms. The minimum atomic E-state index is -3.91. The van der Waals surface area contributed by atoms with Crippen molar-refractivity contribution in [2.75, 3.05) is 39.0 Å². The van der Waals surface area contributed by atoms with E-state index in [0.717, 1.165) is 11.8 Å². The lowest BCUT2D eigenvalue weighted by Crippen LogP contribution is -2.51. The van der Waals surface area contributed by atoms with Gasteiger partial charge in [0, 0.05) is 26.2 Å². The second-order valence-corrected chi connectivity index (χ2v) is 10.5. The fourth-order valence-electron chi connectivity index (χ4n) is 2.68. The number of carbonyl (C=O) groups excluding carboxylic acids is 2. The van der Waals surface area contributed by atoms with Crippen molar-refractivity contribution in [2.45, 2.75) is 24.8 Å². The molecular weight excluding hydrogens is 422 g/mol. The van der Waals surface area contributed by atoms with Gasteiger partial charge in [-0.15, -0.1) is 0 Å². The smallest absolute Gasteiger partial charge is 0.324 e. The van der Waals surface area contributed by atoms with E-state index in [0.29, 0.717) is 0 Å². The van der Waals surface area contributed by atoms with E-state index in [-0.39, 0.29) is 31.1 Å². The highest BCUT2D eigenvalue weighted by Gasteiger charge is 2.28. The maximum absolute atomic E-state index is 12.3. The third-order valence-electron chi connectivity index (χ3n) is 4.42. The molecule has 1 N–H and O–H groups in total. The molecule has 1 amide bonds. The van der Waals surface area contributed by atoms with Gasteiger partial charge >= 0.3 is 5.97 Å². The number of ether oxygens (including phenoxy) is 1. The molecule has 1 heterocycles. The van der Waals surface area contributed by atoms with E-state index in [1.54, 1.807) is 12.1 Å². The first kappa shape index (κ1) is 23.3. The van der Waals surface area contributed by atoms with E-state index in [2.05, 4.69) is 4.72 Å². The number of amides is 1. The summed E-state index contributed by atoms with van der Waals surface area (Å²) in [7, 11) is -7.22. The molecule has 0 saturated carbocycles. The van der Waals surface area contributed by atoms with Crippen molar-refractivity contribution in [3.63, 3.8) is 0 Å². The molecule has 0 aromatic heterocycles. The highest BCUT2D eigenvalue weighted by Crippen LogP contribution is 2.11. The molecule has 0 bridgehead atoms. The van der Waals surface area contributed by atoms with Crippen LogP contribution in [0.25, 0.3) is 0 Å². The van der Waals surface area contributed by atoms with Crippen LogP contribution in [0.15, 0.2) is 29.2 Å². The number of esters is 1. The van der Waals surface area contributed by atoms with Crippen LogP contribution in [0.2, 0.25) is 0 Å². The van der Waals surface area contributed by atoms with Crippen LogP contribution in [0.3, 0.4) is 0 Å². The SMILES string of the molecule is Cc1ccc(S(=O)(=O)N[C@@H](C)C(=O)OCC(=O)N2CCN(S(C)(=O)=O)CC2)cc1. The van der Waals surface area contributed by atoms with E-state index in [9.17, 15) is 26.4 Å². The minimum Gasteiger partial charge on any atom is -0.454 e. The fourth-order valence-corrected chi connectivity index (χ4v) is 4.70. The number of aryl methyl sites for hydroxylation is 1. The molecule has 1 atom stereocenters. The van der Waals surface area contributed by atoms with E-state index >= 15 is 0 Å². The van der Waals surface area contributed by atoms with Gasteiger partial charge in [0.15, 0.2) is 6.61 Å². The number of piperazine rings is 1. The summed E-state index contributed by atoms with van der Waals surface area (Å²) < 4.78 is 56.0. The molecule has 1 aliphatic rings. The van der Waals surface area contributed by atoms with Crippen LogP contribution in [0.4, 0.5) is 0 Å². The third-order valence-corrected chi connectivity index (χ3v) is 7.27. The van der Waals surface area contributed by atoms with E-state index in [1.807, 2.05) is 6.92 Å². The quantitative estimate of drug-likeness (QED) is 0.548. The van der Waals surface area contributed by atoms with Crippen LogP contribution in [-0.2, 0) is 34.4 Å². The molecule has 1 fully saturated rings. The Kier molecular flexibility index (Phi) is 7.38. The molecule has 29 heavy (non-hydrogen) atoms. The number of rotatable bonds is 7. The highest BCUT2D eigenvalue weighted by molar-refractivity contribution is 7.89. The normalized spacial score (nSPS) is 17.0. The first-order chi connectivity index (χ1) is 13.4. The number of nitrogens with one attached hydrogen (secondary N) is 1. The summed E-state index contributed by atoms with van der Waals surface area (Å²) in [6.07, 6.45) is 1.10. The van der Waals surface area contributed by atoms with Gasteiger partial charge in [-0.3, -0.25) is 9.59 Å². The number of sulfonamides is 2. The summed E-state index contributed by atoms with van der Waals surface area (Å²) in [5.41, 5.74) is 0.896. The minimum absolute atomic E-state index is 0.0163. The molecule has 12 heteroatoms. The van der Waals surface area contributed by atoms with Crippen molar-refractivity contribution in [1.29, 1.82) is 0 Å². The van der Waals surface area contributed by atoms with Crippen LogP contribution in [-0.4, -0.2) is 83.0 Å². The summed E-state index contributed by atoms with van der Waals surface area (Å²) >= 11 is 0. The topological polar surface area (TPSA) is 130 Å². The maximum Gasteiger partial charge on any atom is 0.324 e. The first-order valence-electron chi connectivity index (χ1n) is 8.88. The average molecular weight is 448 g/mol. The van der Waals surface area contributed by atoms with Crippen molar-refractivity contribution in [1.82, 2.24) is 13.9 Å². The molecule has 1 aromatic rings. The predicted molar refractivity (Wildman–Crippen MR) is 105 cm³/mol. The molecule has 2 rings (SSSR count). The Hall–Kier alpha value is -2.02. The van der Waals surface area contributed by atoms with Gasteiger partial charge in [0.2, 0.25) is 20.0 Å². The number of nitrogens with zero attached hydrogens (tertiary/aromatic N) is 2. The molecule has 0 unspecified atom stereocenters. The Labute approximate surface area is 170 Å². The lowest BCUT2D eigenvalue weighted by atomic mass is 10.2. The highest BCUT2D eigenvalue weighted by atomic mass is 32.2. The second kappa shape index (κ2) is 9.20. The van der Waals surface area contributed by atoms with Gasteiger partial charge in [-0.05, 0) is 26.0 Å². The van der Waals surface area contributed by atoms with Crippen molar-refractivity contribution < 1.29 is 31.2 Å². The lowest BCUT2D eigenvalue weighted by Gasteiger charge is -2.33. The number of hydrogen-bond acceptors (Lipinski definition) is 7. The molecule has 162 valence electrons. The monoisotopic (exact) mass is 447 g/mol. The van der Waals surface area contributed by atoms with Crippen molar-refractivity contribution in [2.24, 2.45) is 0 Å². The van der Waals surface area contributed by atoms with E-state index in [1.165, 1.54) is 28.3 Å². The van der Waals surface area contributed by atoms with Gasteiger partial charge in [0.05, 0.1) is 11.2 Å². The van der Waals surface area contributed by atoms with Crippen LogP contribution >= 0.6 is 0 Å². The Balaban J connectivity index is 1.84. The molecule has 1 aliphatic heterocycles. The number of carbonyl (C=O) groups is 2. The Bertz CT molecular complexity index is 951. The first-order valence-corrected chi connectivity index (χ1v) is 12.2. The summed E-state index contributed by atoms with van der Waals surface area (Å²) in [6.45, 7) is 3.33.